The van der Waals surface area contributed by atoms with Gasteiger partial charge in [-0.2, -0.15) is 0 Å². The Morgan fingerprint density at radius 1 is 0.757 bits per heavy atom. The molecular formula is C30H29NO6. The van der Waals surface area contributed by atoms with E-state index < -0.39 is 35.4 Å². The van der Waals surface area contributed by atoms with E-state index >= 15 is 0 Å². The first kappa shape index (κ1) is 25.8. The number of nitrogens with zero attached hydrogens (tertiary/aromatic N) is 1. The van der Waals surface area contributed by atoms with E-state index in [1.807, 2.05) is 30.3 Å². The molecule has 3 aromatic rings. The van der Waals surface area contributed by atoms with Crippen molar-refractivity contribution in [2.75, 3.05) is 6.61 Å². The summed E-state index contributed by atoms with van der Waals surface area (Å²) in [4.78, 5) is 52.3. The van der Waals surface area contributed by atoms with Crippen LogP contribution in [0.15, 0.2) is 84.9 Å². The average molecular weight is 500 g/mol. The standard InChI is InChI=1S/C30H29NO6/c1-30(2,3)37-29(35)23-16-14-22(15-17-23)28(34)36-19-25-24(18-20-10-6-4-7-11-20)27(33)31(25)26(32)21-12-8-5-9-13-21/h4-17,24-25H,18-19H2,1-3H3/t24-,25+/m0/s1. The van der Waals surface area contributed by atoms with Gasteiger partial charge in [0.2, 0.25) is 5.91 Å². The lowest BCUT2D eigenvalue weighted by Crippen LogP contribution is -2.65. The third-order valence-electron chi connectivity index (χ3n) is 6.03. The van der Waals surface area contributed by atoms with Crippen molar-refractivity contribution >= 4 is 23.8 Å². The normalized spacial score (nSPS) is 17.1. The summed E-state index contributed by atoms with van der Waals surface area (Å²) in [5.41, 5.74) is 1.29. The van der Waals surface area contributed by atoms with E-state index in [-0.39, 0.29) is 18.1 Å². The second-order valence-electron chi connectivity index (χ2n) is 9.92. The van der Waals surface area contributed by atoms with Gasteiger partial charge in [-0.1, -0.05) is 48.5 Å². The molecule has 1 heterocycles. The molecule has 2 amide bonds. The lowest BCUT2D eigenvalue weighted by atomic mass is 9.82. The Hall–Kier alpha value is -4.26. The van der Waals surface area contributed by atoms with Crippen LogP contribution in [0.4, 0.5) is 0 Å². The number of carbonyl (C=O) groups excluding carboxylic acids is 4. The zero-order valence-electron chi connectivity index (χ0n) is 21.0. The molecule has 190 valence electrons. The third kappa shape index (κ3) is 6.12. The van der Waals surface area contributed by atoms with Crippen LogP contribution in [0.5, 0.6) is 0 Å². The molecule has 1 aliphatic rings. The topological polar surface area (TPSA) is 90.0 Å². The van der Waals surface area contributed by atoms with Crippen LogP contribution in [0.1, 0.15) is 57.4 Å². The minimum absolute atomic E-state index is 0.130. The predicted molar refractivity (Wildman–Crippen MR) is 137 cm³/mol. The van der Waals surface area contributed by atoms with Gasteiger partial charge in [-0.05, 0) is 69.2 Å². The molecule has 0 saturated carbocycles. The van der Waals surface area contributed by atoms with Crippen molar-refractivity contribution in [1.82, 2.24) is 4.90 Å². The molecule has 4 rings (SSSR count). The van der Waals surface area contributed by atoms with E-state index in [0.29, 0.717) is 17.5 Å². The van der Waals surface area contributed by atoms with Crippen molar-refractivity contribution in [2.24, 2.45) is 5.92 Å². The Balaban J connectivity index is 1.46. The summed E-state index contributed by atoms with van der Waals surface area (Å²) < 4.78 is 10.9. The zero-order valence-corrected chi connectivity index (χ0v) is 21.0. The Labute approximate surface area is 216 Å². The van der Waals surface area contributed by atoms with Crippen molar-refractivity contribution in [1.29, 1.82) is 0 Å². The second kappa shape index (κ2) is 10.8. The number of hydrogen-bond acceptors (Lipinski definition) is 6. The summed E-state index contributed by atoms with van der Waals surface area (Å²) in [5.74, 6) is -2.30. The summed E-state index contributed by atoms with van der Waals surface area (Å²) in [5, 5.41) is 0. The summed E-state index contributed by atoms with van der Waals surface area (Å²) in [6, 6.07) is 23.5. The molecular weight excluding hydrogens is 470 g/mol. The van der Waals surface area contributed by atoms with Crippen molar-refractivity contribution < 1.29 is 28.7 Å². The summed E-state index contributed by atoms with van der Waals surface area (Å²) in [7, 11) is 0. The minimum Gasteiger partial charge on any atom is -0.460 e. The highest BCUT2D eigenvalue weighted by Gasteiger charge is 2.51. The van der Waals surface area contributed by atoms with Gasteiger partial charge >= 0.3 is 11.9 Å². The number of imide groups is 1. The van der Waals surface area contributed by atoms with Crippen LogP contribution in [0, 0.1) is 5.92 Å². The first-order valence-corrected chi connectivity index (χ1v) is 12.1. The summed E-state index contributed by atoms with van der Waals surface area (Å²) in [6.07, 6.45) is 0.436. The molecule has 0 N–H and O–H groups in total. The first-order valence-electron chi connectivity index (χ1n) is 12.1. The quantitative estimate of drug-likeness (QED) is 0.266. The van der Waals surface area contributed by atoms with Gasteiger partial charge in [0.1, 0.15) is 12.2 Å². The molecule has 0 radical (unpaired) electrons. The fourth-order valence-electron chi connectivity index (χ4n) is 4.18. The molecule has 1 saturated heterocycles. The number of β-lactam (4-membered cyclic amide) rings is 1. The fraction of sp³-hybridized carbons (Fsp3) is 0.267. The van der Waals surface area contributed by atoms with E-state index in [0.717, 1.165) is 5.56 Å². The maximum Gasteiger partial charge on any atom is 0.338 e. The van der Waals surface area contributed by atoms with E-state index in [1.54, 1.807) is 51.1 Å². The highest BCUT2D eigenvalue weighted by molar-refractivity contribution is 6.09. The van der Waals surface area contributed by atoms with Crippen molar-refractivity contribution in [3.8, 4) is 0 Å². The molecule has 1 fully saturated rings. The number of esters is 2. The Morgan fingerprint density at radius 2 is 1.30 bits per heavy atom. The third-order valence-corrected chi connectivity index (χ3v) is 6.03. The number of hydrogen-bond donors (Lipinski definition) is 0. The molecule has 7 nitrogen and oxygen atoms in total. The number of ether oxygens (including phenoxy) is 2. The van der Waals surface area contributed by atoms with Crippen LogP contribution < -0.4 is 0 Å². The molecule has 0 unspecified atom stereocenters. The Bertz CT molecular complexity index is 1280. The Kier molecular flexibility index (Phi) is 7.53. The predicted octanol–water partition coefficient (Wildman–Crippen LogP) is 4.71. The van der Waals surface area contributed by atoms with Crippen LogP contribution >= 0.6 is 0 Å². The highest BCUT2D eigenvalue weighted by atomic mass is 16.6. The molecule has 37 heavy (non-hydrogen) atoms. The van der Waals surface area contributed by atoms with Gasteiger partial charge in [0.25, 0.3) is 5.91 Å². The number of amides is 2. The first-order chi connectivity index (χ1) is 17.6. The number of carbonyl (C=O) groups is 4. The maximum absolute atomic E-state index is 13.1. The molecule has 0 aliphatic carbocycles. The minimum atomic E-state index is -0.631. The number of rotatable bonds is 7. The van der Waals surface area contributed by atoms with Gasteiger partial charge in [-0.3, -0.25) is 14.5 Å². The smallest absolute Gasteiger partial charge is 0.338 e. The van der Waals surface area contributed by atoms with Crippen LogP contribution in [0.3, 0.4) is 0 Å². The lowest BCUT2D eigenvalue weighted by Gasteiger charge is -2.45. The van der Waals surface area contributed by atoms with E-state index in [9.17, 15) is 19.2 Å². The van der Waals surface area contributed by atoms with Gasteiger partial charge in [0.05, 0.1) is 23.1 Å². The molecule has 1 aliphatic heterocycles. The molecule has 2 atom stereocenters. The van der Waals surface area contributed by atoms with E-state index in [1.165, 1.54) is 29.2 Å². The SMILES string of the molecule is CC(C)(C)OC(=O)c1ccc(C(=O)OC[C@@H]2[C@H](Cc3ccccc3)C(=O)N2C(=O)c2ccccc2)cc1. The second-order valence-corrected chi connectivity index (χ2v) is 9.92. The fourth-order valence-corrected chi connectivity index (χ4v) is 4.18. The van der Waals surface area contributed by atoms with Gasteiger partial charge in [0, 0.05) is 5.56 Å². The molecule has 0 spiro atoms. The van der Waals surface area contributed by atoms with Gasteiger partial charge in [-0.15, -0.1) is 0 Å². The summed E-state index contributed by atoms with van der Waals surface area (Å²) >= 11 is 0. The molecule has 0 aromatic heterocycles. The van der Waals surface area contributed by atoms with Crippen molar-refractivity contribution in [3.63, 3.8) is 0 Å². The molecule has 0 bridgehead atoms. The monoisotopic (exact) mass is 499 g/mol. The molecule has 7 heteroatoms. The number of likely N-dealkylation sites (tertiary alicyclic amines) is 1. The highest BCUT2D eigenvalue weighted by Crippen LogP contribution is 2.32. The Morgan fingerprint density at radius 3 is 1.86 bits per heavy atom. The van der Waals surface area contributed by atoms with E-state index in [2.05, 4.69) is 0 Å². The number of benzene rings is 3. The van der Waals surface area contributed by atoms with Crippen molar-refractivity contribution in [2.45, 2.75) is 38.8 Å². The van der Waals surface area contributed by atoms with E-state index in [4.69, 9.17) is 9.47 Å². The van der Waals surface area contributed by atoms with Crippen LogP contribution in [-0.2, 0) is 20.7 Å². The van der Waals surface area contributed by atoms with Crippen molar-refractivity contribution in [3.05, 3.63) is 107 Å². The average Bonchev–Trinajstić information content (AvgIpc) is 2.89. The van der Waals surface area contributed by atoms with Gasteiger partial charge in [-0.25, -0.2) is 9.59 Å². The van der Waals surface area contributed by atoms with Crippen LogP contribution in [0.2, 0.25) is 0 Å². The van der Waals surface area contributed by atoms with Gasteiger partial charge < -0.3 is 9.47 Å². The maximum atomic E-state index is 13.1. The summed E-state index contributed by atoms with van der Waals surface area (Å²) in [6.45, 7) is 5.20. The van der Waals surface area contributed by atoms with Crippen LogP contribution in [-0.4, -0.2) is 46.9 Å². The van der Waals surface area contributed by atoms with Gasteiger partial charge in [0.15, 0.2) is 0 Å². The zero-order chi connectivity index (χ0) is 26.6. The largest absolute Gasteiger partial charge is 0.460 e. The lowest BCUT2D eigenvalue weighted by molar-refractivity contribution is -0.153. The van der Waals surface area contributed by atoms with Crippen LogP contribution in [0.25, 0.3) is 0 Å². The molecule has 3 aromatic carbocycles.